The molecule has 1 aromatic heterocycles. The highest BCUT2D eigenvalue weighted by Crippen LogP contribution is 2.23. The van der Waals surface area contributed by atoms with E-state index in [9.17, 15) is 4.79 Å². The molecule has 1 fully saturated rings. The van der Waals surface area contributed by atoms with Gasteiger partial charge in [0, 0.05) is 32.0 Å². The smallest absolute Gasteiger partial charge is 0.257 e. The SMILES string of the molecule is CCC1CCCN(C(=O)c2cnc(C)cc2NC)CC1. The second kappa shape index (κ2) is 6.73. The summed E-state index contributed by atoms with van der Waals surface area (Å²) in [4.78, 5) is 18.9. The number of anilines is 1. The van der Waals surface area contributed by atoms with Gasteiger partial charge in [0.2, 0.25) is 0 Å². The predicted octanol–water partition coefficient (Wildman–Crippen LogP) is 3.08. The van der Waals surface area contributed by atoms with Crippen molar-refractivity contribution >= 4 is 11.6 Å². The van der Waals surface area contributed by atoms with Crippen LogP contribution >= 0.6 is 0 Å². The normalized spacial score (nSPS) is 19.6. The van der Waals surface area contributed by atoms with Gasteiger partial charge in [0.25, 0.3) is 5.91 Å². The van der Waals surface area contributed by atoms with Crippen molar-refractivity contribution in [2.75, 3.05) is 25.5 Å². The molecule has 1 saturated heterocycles. The van der Waals surface area contributed by atoms with E-state index >= 15 is 0 Å². The minimum atomic E-state index is 0.110. The molecule has 20 heavy (non-hydrogen) atoms. The summed E-state index contributed by atoms with van der Waals surface area (Å²) in [6.07, 6.45) is 6.39. The molecule has 0 spiro atoms. The molecule has 0 aromatic carbocycles. The standard InChI is InChI=1S/C16H25N3O/c1-4-13-6-5-8-19(9-7-13)16(20)14-11-18-12(2)10-15(14)17-3/h10-11,13H,4-9H2,1-3H3,(H,17,18). The van der Waals surface area contributed by atoms with E-state index in [1.54, 1.807) is 6.20 Å². The molecule has 1 aromatic rings. The third-order valence-electron chi connectivity index (χ3n) is 4.25. The van der Waals surface area contributed by atoms with E-state index < -0.39 is 0 Å². The second-order valence-electron chi connectivity index (χ2n) is 5.62. The maximum Gasteiger partial charge on any atom is 0.257 e. The average molecular weight is 275 g/mol. The summed E-state index contributed by atoms with van der Waals surface area (Å²) in [5.41, 5.74) is 2.49. The molecule has 1 amide bonds. The molecule has 1 atom stereocenters. The molecule has 2 rings (SSSR count). The Kier molecular flexibility index (Phi) is 4.99. The molecule has 0 saturated carbocycles. The fourth-order valence-electron chi connectivity index (χ4n) is 2.88. The summed E-state index contributed by atoms with van der Waals surface area (Å²) >= 11 is 0. The van der Waals surface area contributed by atoms with Crippen LogP contribution in [0.1, 0.15) is 48.7 Å². The summed E-state index contributed by atoms with van der Waals surface area (Å²) in [5.74, 6) is 0.881. The lowest BCUT2D eigenvalue weighted by molar-refractivity contribution is 0.0760. The van der Waals surface area contributed by atoms with Gasteiger partial charge in [0.15, 0.2) is 0 Å². The summed E-state index contributed by atoms with van der Waals surface area (Å²) in [6.45, 7) is 5.92. The van der Waals surface area contributed by atoms with Gasteiger partial charge in [-0.3, -0.25) is 9.78 Å². The molecule has 1 unspecified atom stereocenters. The molecule has 0 bridgehead atoms. The Bertz CT molecular complexity index is 473. The number of carbonyl (C=O) groups excluding carboxylic acids is 1. The number of nitrogens with one attached hydrogen (secondary N) is 1. The molecule has 110 valence electrons. The van der Waals surface area contributed by atoms with Crippen molar-refractivity contribution in [3.63, 3.8) is 0 Å². The summed E-state index contributed by atoms with van der Waals surface area (Å²) in [7, 11) is 1.85. The number of nitrogens with zero attached hydrogens (tertiary/aromatic N) is 2. The van der Waals surface area contributed by atoms with Crippen LogP contribution < -0.4 is 5.32 Å². The molecule has 1 N–H and O–H groups in total. The highest BCUT2D eigenvalue weighted by molar-refractivity contribution is 5.99. The monoisotopic (exact) mass is 275 g/mol. The van der Waals surface area contributed by atoms with Crippen molar-refractivity contribution in [1.29, 1.82) is 0 Å². The van der Waals surface area contributed by atoms with Crippen LogP contribution in [0.4, 0.5) is 5.69 Å². The lowest BCUT2D eigenvalue weighted by Crippen LogP contribution is -2.32. The molecule has 4 nitrogen and oxygen atoms in total. The molecular formula is C16H25N3O. The van der Waals surface area contributed by atoms with Crippen LogP contribution in [0.5, 0.6) is 0 Å². The van der Waals surface area contributed by atoms with Gasteiger partial charge in [-0.2, -0.15) is 0 Å². The number of hydrogen-bond donors (Lipinski definition) is 1. The minimum absolute atomic E-state index is 0.110. The van der Waals surface area contributed by atoms with Gasteiger partial charge in [0.05, 0.1) is 11.3 Å². The first kappa shape index (κ1) is 14.8. The number of aryl methyl sites for hydroxylation is 1. The molecule has 1 aliphatic rings. The maximum absolute atomic E-state index is 12.7. The quantitative estimate of drug-likeness (QED) is 0.922. The van der Waals surface area contributed by atoms with Gasteiger partial charge in [-0.15, -0.1) is 0 Å². The average Bonchev–Trinajstić information content (AvgIpc) is 2.71. The first-order valence-corrected chi connectivity index (χ1v) is 7.59. The van der Waals surface area contributed by atoms with Crippen molar-refractivity contribution in [2.24, 2.45) is 5.92 Å². The Balaban J connectivity index is 2.14. The summed E-state index contributed by atoms with van der Waals surface area (Å²) in [5, 5.41) is 3.10. The van der Waals surface area contributed by atoms with Gasteiger partial charge < -0.3 is 10.2 Å². The van der Waals surface area contributed by atoms with E-state index in [1.807, 2.05) is 24.9 Å². The van der Waals surface area contributed by atoms with E-state index in [2.05, 4.69) is 17.2 Å². The molecular weight excluding hydrogens is 250 g/mol. The summed E-state index contributed by atoms with van der Waals surface area (Å²) < 4.78 is 0. The van der Waals surface area contributed by atoms with Gasteiger partial charge in [0.1, 0.15) is 0 Å². The van der Waals surface area contributed by atoms with Crippen LogP contribution in [0.25, 0.3) is 0 Å². The van der Waals surface area contributed by atoms with E-state index in [-0.39, 0.29) is 5.91 Å². The van der Waals surface area contributed by atoms with E-state index in [0.717, 1.165) is 43.2 Å². The third-order valence-corrected chi connectivity index (χ3v) is 4.25. The van der Waals surface area contributed by atoms with E-state index in [0.29, 0.717) is 5.56 Å². The third kappa shape index (κ3) is 3.30. The Hall–Kier alpha value is -1.58. The second-order valence-corrected chi connectivity index (χ2v) is 5.62. The van der Waals surface area contributed by atoms with Gasteiger partial charge in [-0.1, -0.05) is 13.3 Å². The Morgan fingerprint density at radius 1 is 1.45 bits per heavy atom. The van der Waals surface area contributed by atoms with Crippen LogP contribution in [0.3, 0.4) is 0 Å². The first-order chi connectivity index (χ1) is 9.65. The number of aromatic nitrogens is 1. The molecule has 4 heteroatoms. The fourth-order valence-corrected chi connectivity index (χ4v) is 2.88. The van der Waals surface area contributed by atoms with Gasteiger partial charge in [-0.05, 0) is 38.2 Å². The lowest BCUT2D eigenvalue weighted by Gasteiger charge is -2.22. The van der Waals surface area contributed by atoms with Crippen molar-refractivity contribution in [1.82, 2.24) is 9.88 Å². The largest absolute Gasteiger partial charge is 0.387 e. The summed E-state index contributed by atoms with van der Waals surface area (Å²) in [6, 6.07) is 1.93. The van der Waals surface area contributed by atoms with Crippen molar-refractivity contribution in [3.05, 3.63) is 23.5 Å². The Labute approximate surface area is 121 Å². The molecule has 0 aliphatic carbocycles. The molecule has 2 heterocycles. The van der Waals surface area contributed by atoms with Crippen molar-refractivity contribution in [3.8, 4) is 0 Å². The first-order valence-electron chi connectivity index (χ1n) is 7.59. The van der Waals surface area contributed by atoms with Gasteiger partial charge in [-0.25, -0.2) is 0 Å². The van der Waals surface area contributed by atoms with Gasteiger partial charge >= 0.3 is 0 Å². The zero-order valence-electron chi connectivity index (χ0n) is 12.8. The number of amides is 1. The highest BCUT2D eigenvalue weighted by Gasteiger charge is 2.22. The number of likely N-dealkylation sites (tertiary alicyclic amines) is 1. The number of rotatable bonds is 3. The van der Waals surface area contributed by atoms with Crippen LogP contribution in [0, 0.1) is 12.8 Å². The Morgan fingerprint density at radius 3 is 2.95 bits per heavy atom. The van der Waals surface area contributed by atoms with Crippen molar-refractivity contribution < 1.29 is 4.79 Å². The maximum atomic E-state index is 12.7. The van der Waals surface area contributed by atoms with Crippen LogP contribution in [-0.2, 0) is 0 Å². The number of hydrogen-bond acceptors (Lipinski definition) is 3. The number of carbonyl (C=O) groups is 1. The van der Waals surface area contributed by atoms with Crippen LogP contribution in [-0.4, -0.2) is 35.9 Å². The fraction of sp³-hybridized carbons (Fsp3) is 0.625. The van der Waals surface area contributed by atoms with E-state index in [1.165, 1.54) is 12.8 Å². The topological polar surface area (TPSA) is 45.2 Å². The predicted molar refractivity (Wildman–Crippen MR) is 82.1 cm³/mol. The Morgan fingerprint density at radius 2 is 2.25 bits per heavy atom. The van der Waals surface area contributed by atoms with Crippen molar-refractivity contribution in [2.45, 2.75) is 39.5 Å². The minimum Gasteiger partial charge on any atom is -0.387 e. The lowest BCUT2D eigenvalue weighted by atomic mass is 9.98. The highest BCUT2D eigenvalue weighted by atomic mass is 16.2. The zero-order chi connectivity index (χ0) is 14.5. The van der Waals surface area contributed by atoms with E-state index in [4.69, 9.17) is 0 Å². The van der Waals surface area contributed by atoms with Crippen LogP contribution in [0.2, 0.25) is 0 Å². The van der Waals surface area contributed by atoms with Crippen LogP contribution in [0.15, 0.2) is 12.3 Å². The zero-order valence-corrected chi connectivity index (χ0v) is 12.8. The number of pyridine rings is 1. The molecule has 0 radical (unpaired) electrons. The molecule has 1 aliphatic heterocycles.